The predicted octanol–water partition coefficient (Wildman–Crippen LogP) is 5.48. The van der Waals surface area contributed by atoms with Gasteiger partial charge in [0.1, 0.15) is 17.6 Å². The molecule has 7 heteroatoms. The lowest BCUT2D eigenvalue weighted by Gasteiger charge is -2.32. The minimum atomic E-state index is -0.700. The maximum atomic E-state index is 14.1. The highest BCUT2D eigenvalue weighted by molar-refractivity contribution is 7.99. The summed E-state index contributed by atoms with van der Waals surface area (Å²) in [4.78, 5) is 28.8. The zero-order chi connectivity index (χ0) is 26.6. The van der Waals surface area contributed by atoms with E-state index in [4.69, 9.17) is 4.74 Å². The fourth-order valence-corrected chi connectivity index (χ4v) is 4.79. The second-order valence-corrected chi connectivity index (χ2v) is 10.3. The van der Waals surface area contributed by atoms with E-state index in [-0.39, 0.29) is 35.8 Å². The van der Waals surface area contributed by atoms with Gasteiger partial charge in [-0.2, -0.15) is 0 Å². The first-order chi connectivity index (χ1) is 17.9. The highest BCUT2D eigenvalue weighted by atomic mass is 32.2. The number of hydrogen-bond donors (Lipinski definition) is 1. The first-order valence-electron chi connectivity index (χ1n) is 12.4. The summed E-state index contributed by atoms with van der Waals surface area (Å²) >= 11 is 1.34. The molecule has 0 heterocycles. The van der Waals surface area contributed by atoms with Crippen LogP contribution >= 0.6 is 11.8 Å². The summed E-state index contributed by atoms with van der Waals surface area (Å²) in [6, 6.07) is 23.1. The zero-order valence-corrected chi connectivity index (χ0v) is 22.5. The smallest absolute Gasteiger partial charge is 0.243 e. The molecule has 2 amide bonds. The molecule has 0 aliphatic heterocycles. The average molecular weight is 523 g/mol. The highest BCUT2D eigenvalue weighted by Crippen LogP contribution is 2.21. The Kier molecular flexibility index (Phi) is 11.0. The minimum Gasteiger partial charge on any atom is -0.497 e. The van der Waals surface area contributed by atoms with E-state index in [1.807, 2.05) is 68.4 Å². The van der Waals surface area contributed by atoms with E-state index in [0.29, 0.717) is 30.0 Å². The van der Waals surface area contributed by atoms with Crippen LogP contribution in [0.3, 0.4) is 0 Å². The van der Waals surface area contributed by atoms with Gasteiger partial charge in [-0.3, -0.25) is 9.59 Å². The van der Waals surface area contributed by atoms with Crippen molar-refractivity contribution in [1.29, 1.82) is 0 Å². The van der Waals surface area contributed by atoms with Crippen LogP contribution in [0.5, 0.6) is 5.75 Å². The first-order valence-corrected chi connectivity index (χ1v) is 13.6. The van der Waals surface area contributed by atoms with E-state index < -0.39 is 6.04 Å². The summed E-state index contributed by atoms with van der Waals surface area (Å²) < 4.78 is 19.5. The number of halogens is 1. The van der Waals surface area contributed by atoms with E-state index in [1.165, 1.54) is 17.8 Å². The molecular formula is C30H35FN2O3S. The Hall–Kier alpha value is -3.32. The topological polar surface area (TPSA) is 58.6 Å². The van der Waals surface area contributed by atoms with Crippen molar-refractivity contribution in [2.24, 2.45) is 5.92 Å². The van der Waals surface area contributed by atoms with Crippen molar-refractivity contribution in [3.63, 3.8) is 0 Å². The number of ether oxygens (including phenoxy) is 1. The van der Waals surface area contributed by atoms with Crippen molar-refractivity contribution in [1.82, 2.24) is 10.2 Å². The van der Waals surface area contributed by atoms with Gasteiger partial charge in [0.25, 0.3) is 0 Å². The van der Waals surface area contributed by atoms with Crippen LogP contribution < -0.4 is 10.1 Å². The summed E-state index contributed by atoms with van der Waals surface area (Å²) in [5, 5.41) is 3.02. The van der Waals surface area contributed by atoms with Gasteiger partial charge in [-0.05, 0) is 40.8 Å². The van der Waals surface area contributed by atoms with Crippen LogP contribution in [-0.2, 0) is 28.3 Å². The van der Waals surface area contributed by atoms with Crippen molar-refractivity contribution in [2.45, 2.75) is 38.6 Å². The standard InChI is InChI=1S/C30H35FN2O3S/c1-22(2)18-32-30(35)28(17-23-10-5-4-6-11-23)33(19-24-12-9-14-26(16-24)36-3)29(34)21-37-20-25-13-7-8-15-27(25)31/h4-16,22,28H,17-21H2,1-3H3,(H,32,35)/t28-/m1/s1. The predicted molar refractivity (Wildman–Crippen MR) is 148 cm³/mol. The fraction of sp³-hybridized carbons (Fsp3) is 0.333. The number of nitrogens with one attached hydrogen (secondary N) is 1. The molecule has 1 atom stereocenters. The van der Waals surface area contributed by atoms with E-state index in [9.17, 15) is 14.0 Å². The van der Waals surface area contributed by atoms with Crippen LogP contribution in [0.1, 0.15) is 30.5 Å². The number of nitrogens with zero attached hydrogens (tertiary/aromatic N) is 1. The van der Waals surface area contributed by atoms with Crippen molar-refractivity contribution in [3.05, 3.63) is 101 Å². The summed E-state index contributed by atoms with van der Waals surface area (Å²) in [6.07, 6.45) is 0.387. The third kappa shape index (κ3) is 8.93. The second-order valence-electron chi connectivity index (χ2n) is 9.30. The van der Waals surface area contributed by atoms with Gasteiger partial charge in [0.05, 0.1) is 12.9 Å². The molecule has 0 aliphatic rings. The number of carbonyl (C=O) groups is 2. The molecule has 3 rings (SSSR count). The van der Waals surface area contributed by atoms with E-state index in [0.717, 1.165) is 11.1 Å². The van der Waals surface area contributed by atoms with Crippen LogP contribution in [0.25, 0.3) is 0 Å². The molecule has 0 saturated heterocycles. The molecule has 5 nitrogen and oxygen atoms in total. The molecule has 0 fully saturated rings. The van der Waals surface area contributed by atoms with Gasteiger partial charge in [0.15, 0.2) is 0 Å². The summed E-state index contributed by atoms with van der Waals surface area (Å²) in [5.74, 6) is 0.807. The Balaban J connectivity index is 1.87. The Bertz CT molecular complexity index is 1160. The van der Waals surface area contributed by atoms with Gasteiger partial charge in [-0.15, -0.1) is 11.8 Å². The second kappa shape index (κ2) is 14.4. The largest absolute Gasteiger partial charge is 0.497 e. The molecule has 0 aromatic heterocycles. The lowest BCUT2D eigenvalue weighted by atomic mass is 10.0. The van der Waals surface area contributed by atoms with Crippen LogP contribution in [0.15, 0.2) is 78.9 Å². The summed E-state index contributed by atoms with van der Waals surface area (Å²) in [6.45, 7) is 4.84. The van der Waals surface area contributed by atoms with Gasteiger partial charge < -0.3 is 15.0 Å². The van der Waals surface area contributed by atoms with Crippen molar-refractivity contribution in [3.8, 4) is 5.75 Å². The van der Waals surface area contributed by atoms with Crippen LogP contribution in [-0.4, -0.2) is 42.2 Å². The third-order valence-electron chi connectivity index (χ3n) is 5.88. The van der Waals surface area contributed by atoms with Gasteiger partial charge in [-0.25, -0.2) is 4.39 Å². The van der Waals surface area contributed by atoms with Crippen LogP contribution in [0.4, 0.5) is 4.39 Å². The lowest BCUT2D eigenvalue weighted by molar-refractivity contribution is -0.139. The number of rotatable bonds is 13. The molecule has 0 unspecified atom stereocenters. The number of benzene rings is 3. The number of amides is 2. The molecular weight excluding hydrogens is 487 g/mol. The van der Waals surface area contributed by atoms with Gasteiger partial charge in [-0.1, -0.05) is 74.5 Å². The molecule has 37 heavy (non-hydrogen) atoms. The van der Waals surface area contributed by atoms with Crippen molar-refractivity contribution >= 4 is 23.6 Å². The molecule has 3 aromatic carbocycles. The van der Waals surface area contributed by atoms with E-state index >= 15 is 0 Å². The monoisotopic (exact) mass is 522 g/mol. The molecule has 0 spiro atoms. The van der Waals surface area contributed by atoms with E-state index in [1.54, 1.807) is 30.2 Å². The zero-order valence-electron chi connectivity index (χ0n) is 21.7. The summed E-state index contributed by atoms with van der Waals surface area (Å²) in [5.41, 5.74) is 2.38. The maximum absolute atomic E-state index is 14.1. The van der Waals surface area contributed by atoms with Crippen molar-refractivity contribution in [2.75, 3.05) is 19.4 Å². The van der Waals surface area contributed by atoms with Crippen LogP contribution in [0.2, 0.25) is 0 Å². The van der Waals surface area contributed by atoms with Gasteiger partial charge in [0.2, 0.25) is 11.8 Å². The number of carbonyl (C=O) groups excluding carboxylic acids is 2. The number of hydrogen-bond acceptors (Lipinski definition) is 4. The van der Waals surface area contributed by atoms with E-state index in [2.05, 4.69) is 5.32 Å². The molecule has 0 bridgehead atoms. The third-order valence-corrected chi connectivity index (χ3v) is 6.85. The Morgan fingerprint density at radius 2 is 1.68 bits per heavy atom. The molecule has 1 N–H and O–H groups in total. The Morgan fingerprint density at radius 1 is 0.973 bits per heavy atom. The van der Waals surface area contributed by atoms with Gasteiger partial charge in [0, 0.05) is 25.3 Å². The lowest BCUT2D eigenvalue weighted by Crippen LogP contribution is -2.51. The number of methoxy groups -OCH3 is 1. The van der Waals surface area contributed by atoms with Gasteiger partial charge >= 0.3 is 0 Å². The number of thioether (sulfide) groups is 1. The molecule has 0 saturated carbocycles. The average Bonchev–Trinajstić information content (AvgIpc) is 2.91. The summed E-state index contributed by atoms with van der Waals surface area (Å²) in [7, 11) is 1.60. The minimum absolute atomic E-state index is 0.126. The molecule has 0 radical (unpaired) electrons. The fourth-order valence-electron chi connectivity index (χ4n) is 3.89. The Labute approximate surface area is 223 Å². The molecule has 3 aromatic rings. The molecule has 196 valence electrons. The van der Waals surface area contributed by atoms with Crippen molar-refractivity contribution < 1.29 is 18.7 Å². The maximum Gasteiger partial charge on any atom is 0.243 e. The first kappa shape index (κ1) is 28.3. The molecule has 0 aliphatic carbocycles. The van der Waals surface area contributed by atoms with Crippen LogP contribution in [0, 0.1) is 11.7 Å². The Morgan fingerprint density at radius 3 is 2.38 bits per heavy atom. The quantitative estimate of drug-likeness (QED) is 0.323. The normalized spacial score (nSPS) is 11.7. The SMILES string of the molecule is COc1cccc(CN(C(=O)CSCc2ccccc2F)[C@H](Cc2ccccc2)C(=O)NCC(C)C)c1. The highest BCUT2D eigenvalue weighted by Gasteiger charge is 2.30.